The summed E-state index contributed by atoms with van der Waals surface area (Å²) < 4.78 is 2.18. The molecule has 0 atom stereocenters. The molecule has 2 nitrogen and oxygen atoms in total. The first-order chi connectivity index (χ1) is 4.22. The van der Waals surface area contributed by atoms with Crippen molar-refractivity contribution in [3.05, 3.63) is 19.3 Å². The van der Waals surface area contributed by atoms with Crippen molar-refractivity contribution in [3.63, 3.8) is 0 Å². The molecule has 0 aromatic carbocycles. The molecule has 9 heavy (non-hydrogen) atoms. The normalized spacial score (nSPS) is 9.67. The second-order valence-electron chi connectivity index (χ2n) is 1.56. The Morgan fingerprint density at radius 1 is 1.33 bits per heavy atom. The van der Waals surface area contributed by atoms with E-state index in [9.17, 15) is 0 Å². The van der Waals surface area contributed by atoms with Crippen LogP contribution < -0.4 is 0 Å². The summed E-state index contributed by atoms with van der Waals surface area (Å²) in [7, 11) is 0. The lowest BCUT2D eigenvalue weighted by molar-refractivity contribution is 1.05. The Morgan fingerprint density at radius 2 is 2.00 bits per heavy atom. The Kier molecular flexibility index (Phi) is 2.62. The van der Waals surface area contributed by atoms with Gasteiger partial charge in [0, 0.05) is 0 Å². The number of halogens is 2. The van der Waals surface area contributed by atoms with Crippen molar-refractivity contribution >= 4 is 45.2 Å². The second-order valence-corrected chi connectivity index (χ2v) is 3.66. The summed E-state index contributed by atoms with van der Waals surface area (Å²) in [5.74, 6) is 0. The van der Waals surface area contributed by atoms with Crippen LogP contribution in [0.2, 0.25) is 0 Å². The smallest absolute Gasteiger partial charge is 0.118 e. The molecule has 0 spiro atoms. The Balaban J connectivity index is 3.25. The van der Waals surface area contributed by atoms with E-state index in [2.05, 4.69) is 55.1 Å². The highest BCUT2D eigenvalue weighted by Gasteiger charge is 1.98. The van der Waals surface area contributed by atoms with Gasteiger partial charge in [0.1, 0.15) is 10.0 Å². The quantitative estimate of drug-likeness (QED) is 0.531. The molecule has 4 heteroatoms. The summed E-state index contributed by atoms with van der Waals surface area (Å²) in [6, 6.07) is 0. The summed E-state index contributed by atoms with van der Waals surface area (Å²) in [4.78, 5) is 8.02. The van der Waals surface area contributed by atoms with Gasteiger partial charge in [-0.1, -0.05) is 0 Å². The minimum absolute atomic E-state index is 1.03. The zero-order valence-electron chi connectivity index (χ0n) is 4.73. The van der Waals surface area contributed by atoms with E-state index in [0.29, 0.717) is 0 Å². The largest absolute Gasteiger partial charge is 0.241 e. The zero-order valence-corrected chi connectivity index (χ0v) is 9.04. The van der Waals surface area contributed by atoms with Crippen LogP contribution in [0, 0.1) is 14.2 Å². The van der Waals surface area contributed by atoms with Crippen LogP contribution in [0.1, 0.15) is 5.69 Å². The summed E-state index contributed by atoms with van der Waals surface area (Å²) in [6.07, 6.45) is 1.58. The highest BCUT2D eigenvalue weighted by atomic mass is 127. The van der Waals surface area contributed by atoms with Crippen LogP contribution in [0.4, 0.5) is 0 Å². The van der Waals surface area contributed by atoms with Gasteiger partial charge in [-0.3, -0.25) is 0 Å². The summed E-state index contributed by atoms with van der Waals surface area (Å²) in [6.45, 7) is 1.98. The second kappa shape index (κ2) is 3.09. The third-order valence-corrected chi connectivity index (χ3v) is 4.06. The average molecular weight is 346 g/mol. The summed E-state index contributed by atoms with van der Waals surface area (Å²) >= 11 is 4.43. The van der Waals surface area contributed by atoms with Crippen LogP contribution in [-0.2, 0) is 0 Å². The lowest BCUT2D eigenvalue weighted by atomic mass is 10.5. The van der Waals surface area contributed by atoms with Crippen LogP contribution in [0.5, 0.6) is 0 Å². The molecule has 1 aromatic rings. The first-order valence-corrected chi connectivity index (χ1v) is 4.50. The molecule has 48 valence electrons. The summed E-state index contributed by atoms with van der Waals surface area (Å²) in [5.41, 5.74) is 1.05. The predicted molar refractivity (Wildman–Crippen MR) is 52.2 cm³/mol. The number of rotatable bonds is 0. The Bertz CT molecular complexity index is 204. The van der Waals surface area contributed by atoms with Gasteiger partial charge in [0.15, 0.2) is 0 Å². The maximum absolute atomic E-state index is 4.02. The van der Waals surface area contributed by atoms with Gasteiger partial charge in [0.05, 0.1) is 9.26 Å². The standard InChI is InChI=1S/C5H4I2N2/c1-3-4(6)5(7)9-2-8-3/h2H,1H3. The van der Waals surface area contributed by atoms with E-state index in [1.165, 1.54) is 0 Å². The van der Waals surface area contributed by atoms with Gasteiger partial charge < -0.3 is 0 Å². The van der Waals surface area contributed by atoms with Gasteiger partial charge in [-0.25, -0.2) is 9.97 Å². The van der Waals surface area contributed by atoms with Crippen molar-refractivity contribution in [1.29, 1.82) is 0 Å². The Morgan fingerprint density at radius 3 is 2.44 bits per heavy atom. The molecule has 0 amide bonds. The molecule has 0 aliphatic heterocycles. The minimum Gasteiger partial charge on any atom is -0.241 e. The van der Waals surface area contributed by atoms with Crippen molar-refractivity contribution in [2.24, 2.45) is 0 Å². The first kappa shape index (κ1) is 7.64. The number of nitrogens with zero attached hydrogens (tertiary/aromatic N) is 2. The van der Waals surface area contributed by atoms with E-state index in [1.807, 2.05) is 6.92 Å². The van der Waals surface area contributed by atoms with Gasteiger partial charge >= 0.3 is 0 Å². The fourth-order valence-corrected chi connectivity index (χ4v) is 1.22. The molecule has 0 N–H and O–H groups in total. The predicted octanol–water partition coefficient (Wildman–Crippen LogP) is 1.99. The third kappa shape index (κ3) is 1.73. The van der Waals surface area contributed by atoms with Crippen molar-refractivity contribution < 1.29 is 0 Å². The van der Waals surface area contributed by atoms with Crippen molar-refractivity contribution in [2.75, 3.05) is 0 Å². The topological polar surface area (TPSA) is 25.8 Å². The van der Waals surface area contributed by atoms with Gasteiger partial charge in [0.25, 0.3) is 0 Å². The van der Waals surface area contributed by atoms with E-state index in [1.54, 1.807) is 6.33 Å². The Labute approximate surface area is 80.8 Å². The molecule has 1 rings (SSSR count). The molecule has 0 aliphatic rings. The highest BCUT2D eigenvalue weighted by molar-refractivity contribution is 14.1. The van der Waals surface area contributed by atoms with Gasteiger partial charge in [-0.15, -0.1) is 0 Å². The monoisotopic (exact) mass is 346 g/mol. The first-order valence-electron chi connectivity index (χ1n) is 2.34. The van der Waals surface area contributed by atoms with E-state index in [-0.39, 0.29) is 0 Å². The Hall–Kier alpha value is 0.540. The van der Waals surface area contributed by atoms with Gasteiger partial charge in [0.2, 0.25) is 0 Å². The third-order valence-electron chi connectivity index (χ3n) is 0.921. The SMILES string of the molecule is Cc1ncnc(I)c1I. The lowest BCUT2D eigenvalue weighted by Crippen LogP contribution is -1.92. The molecule has 0 saturated carbocycles. The molecule has 0 aliphatic carbocycles. The van der Waals surface area contributed by atoms with Crippen molar-refractivity contribution in [3.8, 4) is 0 Å². The molecular formula is C5H4I2N2. The maximum Gasteiger partial charge on any atom is 0.118 e. The van der Waals surface area contributed by atoms with E-state index < -0.39 is 0 Å². The van der Waals surface area contributed by atoms with Crippen molar-refractivity contribution in [1.82, 2.24) is 9.97 Å². The molecule has 0 unspecified atom stereocenters. The van der Waals surface area contributed by atoms with E-state index >= 15 is 0 Å². The molecule has 0 bridgehead atoms. The average Bonchev–Trinajstić information content (AvgIpc) is 1.83. The molecule has 1 heterocycles. The van der Waals surface area contributed by atoms with Crippen LogP contribution >= 0.6 is 45.2 Å². The number of aromatic nitrogens is 2. The van der Waals surface area contributed by atoms with Crippen LogP contribution in [0.3, 0.4) is 0 Å². The molecule has 1 aromatic heterocycles. The lowest BCUT2D eigenvalue weighted by Gasteiger charge is -1.95. The number of hydrogen-bond donors (Lipinski definition) is 0. The number of hydrogen-bond acceptors (Lipinski definition) is 2. The van der Waals surface area contributed by atoms with Crippen LogP contribution in [0.15, 0.2) is 6.33 Å². The summed E-state index contributed by atoms with van der Waals surface area (Å²) in [5, 5.41) is 0. The van der Waals surface area contributed by atoms with Crippen LogP contribution in [0.25, 0.3) is 0 Å². The fraction of sp³-hybridized carbons (Fsp3) is 0.200. The van der Waals surface area contributed by atoms with Crippen molar-refractivity contribution in [2.45, 2.75) is 6.92 Å². The molecule has 0 radical (unpaired) electrons. The van der Waals surface area contributed by atoms with Gasteiger partial charge in [-0.2, -0.15) is 0 Å². The molecule has 0 saturated heterocycles. The number of aryl methyl sites for hydroxylation is 1. The maximum atomic E-state index is 4.02. The van der Waals surface area contributed by atoms with Crippen LogP contribution in [-0.4, -0.2) is 9.97 Å². The molecule has 0 fully saturated rings. The minimum atomic E-state index is 1.03. The van der Waals surface area contributed by atoms with E-state index in [4.69, 9.17) is 0 Å². The highest BCUT2D eigenvalue weighted by Crippen LogP contribution is 2.13. The fourth-order valence-electron chi connectivity index (χ4n) is 0.429. The van der Waals surface area contributed by atoms with E-state index in [0.717, 1.165) is 13.0 Å². The zero-order chi connectivity index (χ0) is 6.85. The van der Waals surface area contributed by atoms with Gasteiger partial charge in [-0.05, 0) is 52.1 Å². The molecular weight excluding hydrogens is 342 g/mol.